The average Bonchev–Trinajstić information content (AvgIpc) is 2.79. The van der Waals surface area contributed by atoms with Gasteiger partial charge < -0.3 is 5.32 Å². The zero-order valence-electron chi connectivity index (χ0n) is 16.6. The smallest absolute Gasteiger partial charge is 0.247 e. The predicted octanol–water partition coefficient (Wildman–Crippen LogP) is 5.15. The van der Waals surface area contributed by atoms with Crippen LogP contribution in [0, 0.1) is 5.82 Å². The highest BCUT2D eigenvalue weighted by Crippen LogP contribution is 2.34. The third-order valence-corrected chi connectivity index (χ3v) is 5.31. The first kappa shape index (κ1) is 22.8. The van der Waals surface area contributed by atoms with E-state index in [1.807, 2.05) is 30.3 Å². The molecule has 0 aliphatic carbocycles. The molecule has 3 aromatic rings. The van der Waals surface area contributed by atoms with Gasteiger partial charge in [0.05, 0.1) is 10.7 Å². The highest BCUT2D eigenvalue weighted by atomic mass is 35.5. The van der Waals surface area contributed by atoms with E-state index >= 15 is 0 Å². The number of anilines is 1. The van der Waals surface area contributed by atoms with Crippen molar-refractivity contribution in [2.24, 2.45) is 0 Å². The molecule has 1 N–H and O–H groups in total. The van der Waals surface area contributed by atoms with Gasteiger partial charge in [0.15, 0.2) is 0 Å². The molecule has 0 aromatic heterocycles. The summed E-state index contributed by atoms with van der Waals surface area (Å²) in [6, 6.07) is 20.8. The summed E-state index contributed by atoms with van der Waals surface area (Å²) in [5.74, 6) is -2.10. The van der Waals surface area contributed by atoms with Crippen molar-refractivity contribution in [3.63, 3.8) is 0 Å². The summed E-state index contributed by atoms with van der Waals surface area (Å²) < 4.78 is 14.7. The van der Waals surface area contributed by atoms with Gasteiger partial charge in [-0.2, -0.15) is 0 Å². The van der Waals surface area contributed by atoms with Crippen molar-refractivity contribution in [1.82, 2.24) is 5.32 Å². The molecule has 3 aromatic carbocycles. The second kappa shape index (κ2) is 10.9. The molecule has 31 heavy (non-hydrogen) atoms. The highest BCUT2D eigenvalue weighted by Gasteiger charge is 2.34. The maximum Gasteiger partial charge on any atom is 0.247 e. The molecule has 0 aliphatic rings. The van der Waals surface area contributed by atoms with Crippen molar-refractivity contribution in [3.8, 4) is 0 Å². The van der Waals surface area contributed by atoms with Crippen molar-refractivity contribution in [3.05, 3.63) is 101 Å². The van der Waals surface area contributed by atoms with Crippen molar-refractivity contribution in [1.29, 1.82) is 0 Å². The lowest BCUT2D eigenvalue weighted by Gasteiger charge is -2.31. The number of benzene rings is 3. The van der Waals surface area contributed by atoms with E-state index in [1.165, 1.54) is 18.2 Å². The molecule has 2 amide bonds. The summed E-state index contributed by atoms with van der Waals surface area (Å²) >= 11 is 12.2. The van der Waals surface area contributed by atoms with Gasteiger partial charge in [0, 0.05) is 12.1 Å². The molecule has 0 saturated carbocycles. The summed E-state index contributed by atoms with van der Waals surface area (Å²) in [5.41, 5.74) is 1.38. The van der Waals surface area contributed by atoms with Gasteiger partial charge in [-0.1, -0.05) is 72.3 Å². The SMILES string of the molecule is O=C(NCCc1ccccc1)[C@@H](c1ccccc1F)N(C(=O)CCl)c1ccccc1Cl. The van der Waals surface area contributed by atoms with Gasteiger partial charge in [-0.3, -0.25) is 14.5 Å². The van der Waals surface area contributed by atoms with Crippen LogP contribution in [0.5, 0.6) is 0 Å². The van der Waals surface area contributed by atoms with Gasteiger partial charge in [0.1, 0.15) is 17.7 Å². The van der Waals surface area contributed by atoms with E-state index in [2.05, 4.69) is 5.32 Å². The first-order valence-corrected chi connectivity index (χ1v) is 10.6. The van der Waals surface area contributed by atoms with Crippen LogP contribution in [0.3, 0.4) is 0 Å². The van der Waals surface area contributed by atoms with Crippen LogP contribution in [-0.2, 0) is 16.0 Å². The lowest BCUT2D eigenvalue weighted by atomic mass is 10.0. The van der Waals surface area contributed by atoms with E-state index in [0.717, 1.165) is 10.5 Å². The Bertz CT molecular complexity index is 1050. The number of nitrogens with one attached hydrogen (secondary N) is 1. The van der Waals surface area contributed by atoms with Crippen LogP contribution in [0.1, 0.15) is 17.2 Å². The molecular weight excluding hydrogens is 438 g/mol. The molecule has 0 unspecified atom stereocenters. The number of nitrogens with zero attached hydrogens (tertiary/aromatic N) is 1. The van der Waals surface area contributed by atoms with E-state index in [9.17, 15) is 14.0 Å². The first-order valence-electron chi connectivity index (χ1n) is 9.71. The minimum atomic E-state index is -1.27. The summed E-state index contributed by atoms with van der Waals surface area (Å²) in [6.07, 6.45) is 0.589. The fourth-order valence-electron chi connectivity index (χ4n) is 3.29. The standard InChI is InChI=1S/C24H21Cl2FN2O2/c25-16-22(30)29(21-13-7-5-11-19(21)26)23(18-10-4-6-12-20(18)27)24(31)28-15-14-17-8-2-1-3-9-17/h1-13,23H,14-16H2,(H,28,31)/t23-/m1/s1. The van der Waals surface area contributed by atoms with E-state index in [4.69, 9.17) is 23.2 Å². The largest absolute Gasteiger partial charge is 0.354 e. The topological polar surface area (TPSA) is 49.4 Å². The number of carbonyl (C=O) groups is 2. The molecule has 3 rings (SSSR count). The monoisotopic (exact) mass is 458 g/mol. The number of hydrogen-bond donors (Lipinski definition) is 1. The van der Waals surface area contributed by atoms with Crippen LogP contribution >= 0.6 is 23.2 Å². The molecule has 0 bridgehead atoms. The molecule has 1 atom stereocenters. The van der Waals surface area contributed by atoms with Crippen LogP contribution in [0.4, 0.5) is 10.1 Å². The molecule has 4 nitrogen and oxygen atoms in total. The van der Waals surface area contributed by atoms with E-state index in [0.29, 0.717) is 13.0 Å². The third-order valence-electron chi connectivity index (χ3n) is 4.76. The van der Waals surface area contributed by atoms with Crippen LogP contribution in [0.25, 0.3) is 0 Å². The molecule has 0 aliphatic heterocycles. The molecule has 0 saturated heterocycles. The van der Waals surface area contributed by atoms with E-state index < -0.39 is 29.6 Å². The van der Waals surface area contributed by atoms with Crippen LogP contribution in [0.15, 0.2) is 78.9 Å². The summed E-state index contributed by atoms with van der Waals surface area (Å²) in [4.78, 5) is 27.3. The summed E-state index contributed by atoms with van der Waals surface area (Å²) in [6.45, 7) is 0.319. The maximum absolute atomic E-state index is 14.7. The third kappa shape index (κ3) is 5.63. The predicted molar refractivity (Wildman–Crippen MR) is 122 cm³/mol. The minimum absolute atomic E-state index is 0.0538. The molecular formula is C24H21Cl2FN2O2. The Hall–Kier alpha value is -2.89. The molecule has 0 spiro atoms. The number of amides is 2. The molecule has 7 heteroatoms. The number of halogens is 3. The Kier molecular flexibility index (Phi) is 8.04. The summed E-state index contributed by atoms with van der Waals surface area (Å²) in [5, 5.41) is 3.07. The average molecular weight is 459 g/mol. The van der Waals surface area contributed by atoms with Crippen molar-refractivity contribution >= 4 is 40.7 Å². The Morgan fingerprint density at radius 2 is 1.58 bits per heavy atom. The second-order valence-corrected chi connectivity index (χ2v) is 7.47. The van der Waals surface area contributed by atoms with Crippen LogP contribution in [-0.4, -0.2) is 24.2 Å². The maximum atomic E-state index is 14.7. The quantitative estimate of drug-likeness (QED) is 0.474. The lowest BCUT2D eigenvalue weighted by molar-refractivity contribution is -0.125. The van der Waals surface area contributed by atoms with Gasteiger partial charge in [-0.25, -0.2) is 4.39 Å². The van der Waals surface area contributed by atoms with Gasteiger partial charge in [-0.05, 0) is 30.2 Å². The number of para-hydroxylation sites is 1. The number of rotatable bonds is 8. The molecule has 0 radical (unpaired) electrons. The van der Waals surface area contributed by atoms with Gasteiger partial charge in [0.2, 0.25) is 11.8 Å². The molecule has 0 heterocycles. The zero-order valence-corrected chi connectivity index (χ0v) is 18.1. The molecule has 160 valence electrons. The fourth-order valence-corrected chi connectivity index (χ4v) is 3.65. The second-order valence-electron chi connectivity index (χ2n) is 6.80. The number of hydrogen-bond acceptors (Lipinski definition) is 2. The van der Waals surface area contributed by atoms with Gasteiger partial charge in [-0.15, -0.1) is 11.6 Å². The number of alkyl halides is 1. The molecule has 0 fully saturated rings. The minimum Gasteiger partial charge on any atom is -0.354 e. The zero-order chi connectivity index (χ0) is 22.2. The first-order chi connectivity index (χ1) is 15.0. The highest BCUT2D eigenvalue weighted by molar-refractivity contribution is 6.35. The van der Waals surface area contributed by atoms with E-state index in [1.54, 1.807) is 30.3 Å². The Labute approximate surface area is 190 Å². The van der Waals surface area contributed by atoms with Crippen molar-refractivity contribution < 1.29 is 14.0 Å². The van der Waals surface area contributed by atoms with Crippen LogP contribution in [0.2, 0.25) is 5.02 Å². The van der Waals surface area contributed by atoms with Gasteiger partial charge in [0.25, 0.3) is 0 Å². The van der Waals surface area contributed by atoms with Gasteiger partial charge >= 0.3 is 0 Å². The van der Waals surface area contributed by atoms with E-state index in [-0.39, 0.29) is 16.3 Å². The Morgan fingerprint density at radius 1 is 0.935 bits per heavy atom. The number of carbonyl (C=O) groups excluding carboxylic acids is 2. The van der Waals surface area contributed by atoms with Crippen LogP contribution < -0.4 is 10.2 Å². The Balaban J connectivity index is 1.96. The normalized spacial score (nSPS) is 11.6. The lowest BCUT2D eigenvalue weighted by Crippen LogP contribution is -2.45. The summed E-state index contributed by atoms with van der Waals surface area (Å²) in [7, 11) is 0. The fraction of sp³-hybridized carbons (Fsp3) is 0.167. The van der Waals surface area contributed by atoms with Crippen molar-refractivity contribution in [2.45, 2.75) is 12.5 Å². The Morgan fingerprint density at radius 3 is 2.26 bits per heavy atom. The van der Waals surface area contributed by atoms with Crippen molar-refractivity contribution in [2.75, 3.05) is 17.3 Å².